The first-order chi connectivity index (χ1) is 14.5. The Morgan fingerprint density at radius 3 is 2.77 bits per heavy atom. The average molecular weight is 425 g/mol. The van der Waals surface area contributed by atoms with Crippen molar-refractivity contribution in [2.24, 2.45) is 0 Å². The van der Waals surface area contributed by atoms with Gasteiger partial charge in [0.2, 0.25) is 12.7 Å². The molecule has 4 rings (SSSR count). The van der Waals surface area contributed by atoms with Gasteiger partial charge in [0.05, 0.1) is 22.7 Å². The molecule has 3 aromatic rings. The molecule has 0 spiro atoms. The minimum absolute atomic E-state index is 0.108. The van der Waals surface area contributed by atoms with Crippen LogP contribution in [0.2, 0.25) is 0 Å². The molecule has 0 radical (unpaired) electrons. The van der Waals surface area contributed by atoms with E-state index in [0.29, 0.717) is 33.8 Å². The van der Waals surface area contributed by atoms with Gasteiger partial charge in [-0.2, -0.15) is 5.26 Å². The SMILES string of the molecule is N#Cc1ccc(-c2ccc3c(c2)OCO3)nc1SCC(=O)Nc1ccc(F)cc1F. The Morgan fingerprint density at radius 1 is 1.13 bits per heavy atom. The fourth-order valence-electron chi connectivity index (χ4n) is 2.76. The van der Waals surface area contributed by atoms with E-state index in [1.807, 2.05) is 12.1 Å². The van der Waals surface area contributed by atoms with E-state index in [-0.39, 0.29) is 18.2 Å². The van der Waals surface area contributed by atoms with Crippen molar-refractivity contribution in [3.63, 3.8) is 0 Å². The molecule has 0 saturated heterocycles. The number of nitrogens with one attached hydrogen (secondary N) is 1. The summed E-state index contributed by atoms with van der Waals surface area (Å²) in [5.41, 5.74) is 1.55. The number of fused-ring (bicyclic) bond motifs is 1. The Morgan fingerprint density at radius 2 is 1.97 bits per heavy atom. The lowest BCUT2D eigenvalue weighted by Crippen LogP contribution is -2.15. The topological polar surface area (TPSA) is 84.2 Å². The second-order valence-electron chi connectivity index (χ2n) is 6.19. The monoisotopic (exact) mass is 425 g/mol. The lowest BCUT2D eigenvalue weighted by Gasteiger charge is -2.09. The van der Waals surface area contributed by atoms with Crippen LogP contribution < -0.4 is 14.8 Å². The summed E-state index contributed by atoms with van der Waals surface area (Å²) in [6.45, 7) is 0.157. The van der Waals surface area contributed by atoms with Crippen LogP contribution in [0.3, 0.4) is 0 Å². The number of anilines is 1. The number of carbonyl (C=O) groups excluding carboxylic acids is 1. The second-order valence-corrected chi connectivity index (χ2v) is 7.15. The number of carbonyl (C=O) groups is 1. The molecule has 0 saturated carbocycles. The van der Waals surface area contributed by atoms with Crippen LogP contribution in [0.4, 0.5) is 14.5 Å². The summed E-state index contributed by atoms with van der Waals surface area (Å²) in [5, 5.41) is 12.1. The number of benzene rings is 2. The van der Waals surface area contributed by atoms with Crippen LogP contribution in [-0.2, 0) is 4.79 Å². The van der Waals surface area contributed by atoms with Gasteiger partial charge in [0.15, 0.2) is 11.5 Å². The van der Waals surface area contributed by atoms with Crippen molar-refractivity contribution in [3.8, 4) is 28.8 Å². The molecule has 1 N–H and O–H groups in total. The van der Waals surface area contributed by atoms with Crippen LogP contribution in [-0.4, -0.2) is 23.4 Å². The predicted octanol–water partition coefficient (Wildman–Crippen LogP) is 4.36. The number of thioether (sulfide) groups is 1. The van der Waals surface area contributed by atoms with E-state index >= 15 is 0 Å². The van der Waals surface area contributed by atoms with Crippen LogP contribution in [0.1, 0.15) is 5.56 Å². The first kappa shape index (κ1) is 19.7. The van der Waals surface area contributed by atoms with E-state index in [4.69, 9.17) is 9.47 Å². The van der Waals surface area contributed by atoms with Gasteiger partial charge in [0.1, 0.15) is 22.7 Å². The molecule has 1 aromatic heterocycles. The van der Waals surface area contributed by atoms with Gasteiger partial charge in [-0.15, -0.1) is 0 Å². The number of nitriles is 1. The van der Waals surface area contributed by atoms with Crippen LogP contribution in [0, 0.1) is 23.0 Å². The number of pyridine rings is 1. The van der Waals surface area contributed by atoms with Gasteiger partial charge in [-0.3, -0.25) is 4.79 Å². The molecule has 1 aliphatic rings. The molecular weight excluding hydrogens is 412 g/mol. The molecule has 2 aromatic carbocycles. The third-order valence-electron chi connectivity index (χ3n) is 4.19. The fourth-order valence-corrected chi connectivity index (χ4v) is 3.54. The van der Waals surface area contributed by atoms with Gasteiger partial charge in [0.25, 0.3) is 0 Å². The van der Waals surface area contributed by atoms with Crippen molar-refractivity contribution in [2.75, 3.05) is 17.9 Å². The smallest absolute Gasteiger partial charge is 0.234 e. The van der Waals surface area contributed by atoms with Crippen LogP contribution >= 0.6 is 11.8 Å². The maximum absolute atomic E-state index is 13.7. The number of nitrogens with zero attached hydrogens (tertiary/aromatic N) is 2. The van der Waals surface area contributed by atoms with Gasteiger partial charge in [-0.05, 0) is 42.5 Å². The van der Waals surface area contributed by atoms with Crippen molar-refractivity contribution in [1.82, 2.24) is 4.98 Å². The van der Waals surface area contributed by atoms with Crippen LogP contribution in [0.25, 0.3) is 11.3 Å². The minimum atomic E-state index is -0.867. The van der Waals surface area contributed by atoms with E-state index < -0.39 is 17.5 Å². The molecule has 30 heavy (non-hydrogen) atoms. The zero-order valence-electron chi connectivity index (χ0n) is 15.3. The third kappa shape index (κ3) is 4.18. The molecule has 1 amide bonds. The number of ether oxygens (including phenoxy) is 2. The number of amides is 1. The first-order valence-electron chi connectivity index (χ1n) is 8.72. The molecule has 2 heterocycles. The molecule has 150 valence electrons. The number of aromatic nitrogens is 1. The van der Waals surface area contributed by atoms with Crippen molar-refractivity contribution in [3.05, 3.63) is 65.7 Å². The minimum Gasteiger partial charge on any atom is -0.454 e. The highest BCUT2D eigenvalue weighted by atomic mass is 32.2. The molecule has 1 aliphatic heterocycles. The summed E-state index contributed by atoms with van der Waals surface area (Å²) >= 11 is 1.04. The van der Waals surface area contributed by atoms with Crippen molar-refractivity contribution in [1.29, 1.82) is 5.26 Å². The Balaban J connectivity index is 1.50. The van der Waals surface area contributed by atoms with Gasteiger partial charge < -0.3 is 14.8 Å². The van der Waals surface area contributed by atoms with Gasteiger partial charge in [0, 0.05) is 11.6 Å². The zero-order chi connectivity index (χ0) is 21.1. The van der Waals surface area contributed by atoms with E-state index in [9.17, 15) is 18.8 Å². The van der Waals surface area contributed by atoms with E-state index in [0.717, 1.165) is 29.5 Å². The Labute approximate surface area is 174 Å². The lowest BCUT2D eigenvalue weighted by atomic mass is 10.1. The molecule has 0 aliphatic carbocycles. The van der Waals surface area contributed by atoms with Crippen molar-refractivity contribution in [2.45, 2.75) is 5.03 Å². The summed E-state index contributed by atoms with van der Waals surface area (Å²) in [7, 11) is 0. The Bertz CT molecular complexity index is 1180. The first-order valence-corrected chi connectivity index (χ1v) is 9.71. The van der Waals surface area contributed by atoms with E-state index in [1.165, 1.54) is 0 Å². The molecule has 0 atom stereocenters. The average Bonchev–Trinajstić information content (AvgIpc) is 3.22. The Kier molecular flexibility index (Phi) is 5.50. The molecule has 0 fully saturated rings. The molecule has 0 unspecified atom stereocenters. The summed E-state index contributed by atoms with van der Waals surface area (Å²) in [5.74, 6) is -0.967. The quantitative estimate of drug-likeness (QED) is 0.612. The second kappa shape index (κ2) is 8.39. The molecular formula is C21H13F2N3O3S. The number of rotatable bonds is 5. The number of hydrogen-bond donors (Lipinski definition) is 1. The summed E-state index contributed by atoms with van der Waals surface area (Å²) < 4.78 is 37.3. The highest BCUT2D eigenvalue weighted by molar-refractivity contribution is 8.00. The number of halogens is 2. The number of hydrogen-bond acceptors (Lipinski definition) is 6. The summed E-state index contributed by atoms with van der Waals surface area (Å²) in [6, 6.07) is 13.6. The standard InChI is InChI=1S/C21H13F2N3O3S/c22-14-3-5-17(15(23)8-14)25-20(27)10-30-21-13(9-24)1-4-16(26-21)12-2-6-18-19(7-12)29-11-28-18/h1-8H,10-11H2,(H,25,27). The van der Waals surface area contributed by atoms with Crippen molar-refractivity contribution < 1.29 is 23.0 Å². The van der Waals surface area contributed by atoms with E-state index in [2.05, 4.69) is 10.3 Å². The maximum atomic E-state index is 13.7. The van der Waals surface area contributed by atoms with Gasteiger partial charge >= 0.3 is 0 Å². The van der Waals surface area contributed by atoms with Crippen LogP contribution in [0.5, 0.6) is 11.5 Å². The lowest BCUT2D eigenvalue weighted by molar-refractivity contribution is -0.113. The maximum Gasteiger partial charge on any atom is 0.234 e. The fraction of sp³-hybridized carbons (Fsp3) is 0.0952. The zero-order valence-corrected chi connectivity index (χ0v) is 16.1. The van der Waals surface area contributed by atoms with Gasteiger partial charge in [-0.1, -0.05) is 11.8 Å². The van der Waals surface area contributed by atoms with E-state index in [1.54, 1.807) is 24.3 Å². The predicted molar refractivity (Wildman–Crippen MR) is 106 cm³/mol. The highest BCUT2D eigenvalue weighted by Crippen LogP contribution is 2.36. The molecule has 0 bridgehead atoms. The molecule has 6 nitrogen and oxygen atoms in total. The summed E-state index contributed by atoms with van der Waals surface area (Å²) in [6.07, 6.45) is 0. The van der Waals surface area contributed by atoms with Crippen molar-refractivity contribution >= 4 is 23.4 Å². The summed E-state index contributed by atoms with van der Waals surface area (Å²) in [4.78, 5) is 16.7. The molecule has 9 heteroatoms. The van der Waals surface area contributed by atoms with Crippen LogP contribution in [0.15, 0.2) is 53.6 Å². The normalized spacial score (nSPS) is 11.8. The largest absolute Gasteiger partial charge is 0.454 e. The highest BCUT2D eigenvalue weighted by Gasteiger charge is 2.16. The Hall–Kier alpha value is -3.64. The third-order valence-corrected chi connectivity index (χ3v) is 5.19. The van der Waals surface area contributed by atoms with Gasteiger partial charge in [-0.25, -0.2) is 13.8 Å².